The van der Waals surface area contributed by atoms with Gasteiger partial charge in [-0.05, 0) is 61.9 Å². The maximum Gasteiger partial charge on any atom is 0.254 e. The van der Waals surface area contributed by atoms with Crippen molar-refractivity contribution in [1.29, 1.82) is 0 Å². The lowest BCUT2D eigenvalue weighted by Crippen LogP contribution is -2.40. The number of carbonyl (C=O) groups excluding carboxylic acids is 1. The number of likely N-dealkylation sites (tertiary alicyclic amines) is 1. The van der Waals surface area contributed by atoms with E-state index in [-0.39, 0.29) is 17.5 Å². The highest BCUT2D eigenvalue weighted by Crippen LogP contribution is 2.32. The van der Waals surface area contributed by atoms with Gasteiger partial charge in [0.05, 0.1) is 18.3 Å². The summed E-state index contributed by atoms with van der Waals surface area (Å²) in [5.41, 5.74) is 3.29. The fraction of sp³-hybridized carbons (Fsp3) is 0.391. The van der Waals surface area contributed by atoms with Crippen molar-refractivity contribution in [3.63, 3.8) is 0 Å². The van der Waals surface area contributed by atoms with E-state index in [1.807, 2.05) is 0 Å². The molecule has 1 amide bonds. The van der Waals surface area contributed by atoms with Gasteiger partial charge in [-0.1, -0.05) is 0 Å². The zero-order valence-corrected chi connectivity index (χ0v) is 18.3. The first kappa shape index (κ1) is 20.1. The maximum absolute atomic E-state index is 12.9. The van der Waals surface area contributed by atoms with Crippen molar-refractivity contribution in [2.45, 2.75) is 45.3 Å². The molecule has 3 aromatic heterocycles. The molecule has 8 heteroatoms. The topological polar surface area (TPSA) is 82.2 Å². The van der Waals surface area contributed by atoms with Crippen molar-refractivity contribution >= 4 is 17.2 Å². The highest BCUT2D eigenvalue weighted by Gasteiger charge is 2.31. The molecule has 5 rings (SSSR count). The smallest absolute Gasteiger partial charge is 0.254 e. The van der Waals surface area contributed by atoms with Crippen LogP contribution in [0.25, 0.3) is 0 Å². The van der Waals surface area contributed by atoms with Gasteiger partial charge in [-0.25, -0.2) is 4.98 Å². The van der Waals surface area contributed by atoms with Gasteiger partial charge in [-0.3, -0.25) is 19.5 Å². The predicted molar refractivity (Wildman–Crippen MR) is 119 cm³/mol. The van der Waals surface area contributed by atoms with Gasteiger partial charge in [0.2, 0.25) is 0 Å². The molecule has 0 radical (unpaired) electrons. The first-order valence-corrected chi connectivity index (χ1v) is 11.6. The molecule has 5 heterocycles. The minimum atomic E-state index is -0.0609. The van der Waals surface area contributed by atoms with Crippen LogP contribution in [0, 0.1) is 6.92 Å². The van der Waals surface area contributed by atoms with Gasteiger partial charge in [0.25, 0.3) is 11.5 Å². The summed E-state index contributed by atoms with van der Waals surface area (Å²) >= 11 is 1.77. The largest absolute Gasteiger partial charge is 0.332 e. The number of carbonyl (C=O) groups is 1. The number of aryl methyl sites for hydroxylation is 1. The lowest BCUT2D eigenvalue weighted by atomic mass is 10.0. The molecule has 0 spiro atoms. The molecule has 1 atom stereocenters. The van der Waals surface area contributed by atoms with Crippen LogP contribution >= 0.6 is 11.3 Å². The molecule has 0 aliphatic carbocycles. The third-order valence-electron chi connectivity index (χ3n) is 6.16. The molecule has 160 valence electrons. The highest BCUT2D eigenvalue weighted by atomic mass is 32.1. The van der Waals surface area contributed by atoms with Crippen LogP contribution in [-0.4, -0.2) is 43.7 Å². The van der Waals surface area contributed by atoms with E-state index >= 15 is 0 Å². The SMILES string of the molecule is Cc1cc(CN2CCC[C@@H]2c2nc3c(c(=O)[nH]2)CCN(C(=O)c2ccncc2)C3)cs1. The maximum atomic E-state index is 12.9. The molecule has 1 saturated heterocycles. The Morgan fingerprint density at radius 2 is 2.13 bits per heavy atom. The first-order valence-electron chi connectivity index (χ1n) is 10.7. The summed E-state index contributed by atoms with van der Waals surface area (Å²) in [6.45, 7) is 4.86. The van der Waals surface area contributed by atoms with Gasteiger partial charge < -0.3 is 9.88 Å². The van der Waals surface area contributed by atoms with Crippen LogP contribution < -0.4 is 5.56 Å². The summed E-state index contributed by atoms with van der Waals surface area (Å²) in [4.78, 5) is 43.1. The van der Waals surface area contributed by atoms with E-state index in [1.54, 1.807) is 40.8 Å². The number of H-pyrrole nitrogens is 1. The van der Waals surface area contributed by atoms with Gasteiger partial charge in [0.1, 0.15) is 5.82 Å². The van der Waals surface area contributed by atoms with Crippen molar-refractivity contribution in [2.24, 2.45) is 0 Å². The number of nitrogens with one attached hydrogen (secondary N) is 1. The molecular formula is C23H25N5O2S. The van der Waals surface area contributed by atoms with E-state index < -0.39 is 0 Å². The molecule has 0 unspecified atom stereocenters. The van der Waals surface area contributed by atoms with Crippen molar-refractivity contribution in [1.82, 2.24) is 24.8 Å². The lowest BCUT2D eigenvalue weighted by Gasteiger charge is -2.29. The molecule has 0 saturated carbocycles. The Morgan fingerprint density at radius 3 is 2.90 bits per heavy atom. The molecule has 2 aliphatic heterocycles. The average Bonchev–Trinajstić information content (AvgIpc) is 3.42. The number of thiophene rings is 1. The van der Waals surface area contributed by atoms with E-state index in [2.05, 4.69) is 33.2 Å². The number of pyridine rings is 1. The van der Waals surface area contributed by atoms with Crippen LogP contribution in [0.1, 0.15) is 56.8 Å². The summed E-state index contributed by atoms with van der Waals surface area (Å²) in [5, 5.41) is 2.20. The lowest BCUT2D eigenvalue weighted by molar-refractivity contribution is 0.0730. The number of amides is 1. The number of nitrogens with zero attached hydrogens (tertiary/aromatic N) is 4. The van der Waals surface area contributed by atoms with E-state index in [0.29, 0.717) is 30.6 Å². The number of fused-ring (bicyclic) bond motifs is 1. The summed E-state index contributed by atoms with van der Waals surface area (Å²) in [6, 6.07) is 5.77. The van der Waals surface area contributed by atoms with Crippen LogP contribution in [0.3, 0.4) is 0 Å². The van der Waals surface area contributed by atoms with Gasteiger partial charge >= 0.3 is 0 Å². The summed E-state index contributed by atoms with van der Waals surface area (Å²) < 4.78 is 0. The van der Waals surface area contributed by atoms with Crippen molar-refractivity contribution in [2.75, 3.05) is 13.1 Å². The monoisotopic (exact) mass is 435 g/mol. The average molecular weight is 436 g/mol. The van der Waals surface area contributed by atoms with E-state index in [9.17, 15) is 9.59 Å². The normalized spacial score (nSPS) is 18.9. The second kappa shape index (κ2) is 8.36. The summed E-state index contributed by atoms with van der Waals surface area (Å²) in [7, 11) is 0. The quantitative estimate of drug-likeness (QED) is 0.681. The van der Waals surface area contributed by atoms with Crippen LogP contribution in [0.2, 0.25) is 0 Å². The molecule has 0 bridgehead atoms. The Bertz CT molecular complexity index is 1160. The van der Waals surface area contributed by atoms with Crippen molar-refractivity contribution in [3.05, 3.63) is 79.4 Å². The Morgan fingerprint density at radius 1 is 1.29 bits per heavy atom. The van der Waals surface area contributed by atoms with Crippen LogP contribution in [0.5, 0.6) is 0 Å². The third-order valence-corrected chi connectivity index (χ3v) is 7.07. The van der Waals surface area contributed by atoms with Crippen LogP contribution in [0.4, 0.5) is 0 Å². The number of hydrogen-bond acceptors (Lipinski definition) is 6. The molecule has 7 nitrogen and oxygen atoms in total. The molecule has 1 N–H and O–H groups in total. The highest BCUT2D eigenvalue weighted by molar-refractivity contribution is 7.10. The zero-order valence-electron chi connectivity index (χ0n) is 17.5. The fourth-order valence-electron chi connectivity index (χ4n) is 4.61. The Labute approximate surface area is 184 Å². The Balaban J connectivity index is 1.39. The van der Waals surface area contributed by atoms with Crippen LogP contribution in [-0.2, 0) is 19.5 Å². The van der Waals surface area contributed by atoms with Crippen LogP contribution in [0.15, 0.2) is 40.8 Å². The molecule has 31 heavy (non-hydrogen) atoms. The molecule has 0 aromatic carbocycles. The van der Waals surface area contributed by atoms with Crippen molar-refractivity contribution < 1.29 is 4.79 Å². The molecule has 2 aliphatic rings. The standard InChI is InChI=1S/C23H25N5O2S/c1-15-11-16(14-31-15)12-27-9-2-3-20(27)21-25-19-13-28(10-6-18(19)22(29)26-21)23(30)17-4-7-24-8-5-17/h4-5,7-8,11,14,20H,2-3,6,9-10,12-13H2,1H3,(H,25,26,29)/t20-/m1/s1. The fourth-order valence-corrected chi connectivity index (χ4v) is 5.31. The predicted octanol–water partition coefficient (Wildman–Crippen LogP) is 3.07. The Hall–Kier alpha value is -2.84. The summed E-state index contributed by atoms with van der Waals surface area (Å²) in [5.74, 6) is 0.679. The van der Waals surface area contributed by atoms with E-state index in [1.165, 1.54) is 10.4 Å². The number of hydrogen-bond donors (Lipinski definition) is 1. The van der Waals surface area contributed by atoms with Gasteiger partial charge in [0, 0.05) is 41.5 Å². The second-order valence-corrected chi connectivity index (χ2v) is 9.40. The first-order chi connectivity index (χ1) is 15.1. The molecule has 3 aromatic rings. The second-order valence-electron chi connectivity index (χ2n) is 8.28. The summed E-state index contributed by atoms with van der Waals surface area (Å²) in [6.07, 6.45) is 5.83. The number of rotatable bonds is 4. The number of aromatic amines is 1. The number of aromatic nitrogens is 3. The Kier molecular flexibility index (Phi) is 5.41. The van der Waals surface area contributed by atoms with Gasteiger partial charge in [0.15, 0.2) is 0 Å². The molecule has 1 fully saturated rings. The van der Waals surface area contributed by atoms with E-state index in [0.717, 1.165) is 37.4 Å². The van der Waals surface area contributed by atoms with Gasteiger partial charge in [-0.2, -0.15) is 0 Å². The minimum Gasteiger partial charge on any atom is -0.332 e. The minimum absolute atomic E-state index is 0.0491. The van der Waals surface area contributed by atoms with Crippen molar-refractivity contribution in [3.8, 4) is 0 Å². The van der Waals surface area contributed by atoms with Gasteiger partial charge in [-0.15, -0.1) is 11.3 Å². The van der Waals surface area contributed by atoms with E-state index in [4.69, 9.17) is 4.98 Å². The zero-order chi connectivity index (χ0) is 21.4. The third kappa shape index (κ3) is 4.05. The molecular weight excluding hydrogens is 410 g/mol.